The van der Waals surface area contributed by atoms with Crippen molar-refractivity contribution >= 4 is 34.9 Å². The summed E-state index contributed by atoms with van der Waals surface area (Å²) in [6, 6.07) is 7.40. The average Bonchev–Trinajstić information content (AvgIpc) is 3.15. The Labute approximate surface area is 184 Å². The van der Waals surface area contributed by atoms with Gasteiger partial charge in [0.2, 0.25) is 11.8 Å². The minimum absolute atomic E-state index is 0.0963. The molecule has 1 aliphatic heterocycles. The van der Waals surface area contributed by atoms with Gasteiger partial charge in [-0.2, -0.15) is 0 Å². The van der Waals surface area contributed by atoms with E-state index in [0.29, 0.717) is 38.5 Å². The van der Waals surface area contributed by atoms with E-state index in [1.54, 1.807) is 23.1 Å². The molecule has 2 N–H and O–H groups in total. The summed E-state index contributed by atoms with van der Waals surface area (Å²) in [6.45, 7) is 6.93. The van der Waals surface area contributed by atoms with Crippen LogP contribution in [0.1, 0.15) is 23.9 Å². The smallest absolute Gasteiger partial charge is 0.237 e. The maximum Gasteiger partial charge on any atom is 0.237 e. The SMILES string of the molecule is CCOc1ccc(CN2CCNC(=O)C2CC(=O)NCCSc2nnc(C)s2)cc1. The number of carbonyl (C=O) groups excluding carboxylic acids is 2. The van der Waals surface area contributed by atoms with E-state index in [4.69, 9.17) is 4.74 Å². The molecule has 1 aliphatic rings. The summed E-state index contributed by atoms with van der Waals surface area (Å²) < 4.78 is 6.38. The van der Waals surface area contributed by atoms with E-state index in [9.17, 15) is 9.59 Å². The lowest BCUT2D eigenvalue weighted by molar-refractivity contribution is -0.134. The molecule has 0 bridgehead atoms. The van der Waals surface area contributed by atoms with Gasteiger partial charge in [0.1, 0.15) is 10.8 Å². The number of hydrogen-bond acceptors (Lipinski definition) is 8. The largest absolute Gasteiger partial charge is 0.494 e. The van der Waals surface area contributed by atoms with E-state index in [2.05, 4.69) is 25.7 Å². The van der Waals surface area contributed by atoms with E-state index in [1.165, 1.54) is 0 Å². The van der Waals surface area contributed by atoms with Crippen LogP contribution in [0.15, 0.2) is 28.6 Å². The fourth-order valence-electron chi connectivity index (χ4n) is 3.18. The van der Waals surface area contributed by atoms with Crippen molar-refractivity contribution < 1.29 is 14.3 Å². The molecule has 30 heavy (non-hydrogen) atoms. The van der Waals surface area contributed by atoms with E-state index in [-0.39, 0.29) is 18.2 Å². The minimum atomic E-state index is -0.469. The summed E-state index contributed by atoms with van der Waals surface area (Å²) in [7, 11) is 0. The maximum atomic E-state index is 12.4. The first-order valence-electron chi connectivity index (χ1n) is 9.98. The average molecular weight is 450 g/mol. The number of benzene rings is 1. The van der Waals surface area contributed by atoms with Crippen LogP contribution in [0.25, 0.3) is 0 Å². The van der Waals surface area contributed by atoms with Crippen LogP contribution in [0.3, 0.4) is 0 Å². The molecule has 8 nitrogen and oxygen atoms in total. The van der Waals surface area contributed by atoms with Gasteiger partial charge in [0.05, 0.1) is 19.1 Å². The van der Waals surface area contributed by atoms with E-state index in [0.717, 1.165) is 20.7 Å². The van der Waals surface area contributed by atoms with Gasteiger partial charge >= 0.3 is 0 Å². The van der Waals surface area contributed by atoms with E-state index < -0.39 is 6.04 Å². The Bertz CT molecular complexity index is 843. The molecule has 1 atom stereocenters. The highest BCUT2D eigenvalue weighted by Gasteiger charge is 2.31. The van der Waals surface area contributed by atoms with Crippen molar-refractivity contribution in [3.05, 3.63) is 34.8 Å². The molecule has 1 aromatic carbocycles. The number of nitrogens with zero attached hydrogens (tertiary/aromatic N) is 3. The molecule has 1 fully saturated rings. The normalized spacial score (nSPS) is 16.9. The molecule has 2 heterocycles. The minimum Gasteiger partial charge on any atom is -0.494 e. The number of amides is 2. The van der Waals surface area contributed by atoms with Gasteiger partial charge < -0.3 is 15.4 Å². The quantitative estimate of drug-likeness (QED) is 0.422. The molecule has 1 saturated heterocycles. The number of aromatic nitrogens is 2. The predicted octanol–water partition coefficient (Wildman–Crippen LogP) is 1.84. The third kappa shape index (κ3) is 6.68. The Morgan fingerprint density at radius 2 is 2.17 bits per heavy atom. The topological polar surface area (TPSA) is 96.5 Å². The molecule has 0 aliphatic carbocycles. The Balaban J connectivity index is 1.48. The second-order valence-corrected chi connectivity index (χ2v) is 9.37. The lowest BCUT2D eigenvalue weighted by Crippen LogP contribution is -2.56. The summed E-state index contributed by atoms with van der Waals surface area (Å²) in [5.41, 5.74) is 1.09. The lowest BCUT2D eigenvalue weighted by Gasteiger charge is -2.34. The third-order valence-electron chi connectivity index (χ3n) is 4.60. The molecule has 3 rings (SSSR count). The van der Waals surface area contributed by atoms with Gasteiger partial charge in [-0.15, -0.1) is 10.2 Å². The van der Waals surface area contributed by atoms with Crippen LogP contribution in [-0.2, 0) is 16.1 Å². The number of nitrogens with one attached hydrogen (secondary N) is 2. The van der Waals surface area contributed by atoms with Crippen LogP contribution in [0.2, 0.25) is 0 Å². The number of carbonyl (C=O) groups is 2. The number of hydrogen-bond donors (Lipinski definition) is 2. The van der Waals surface area contributed by atoms with Crippen LogP contribution < -0.4 is 15.4 Å². The van der Waals surface area contributed by atoms with Crippen LogP contribution in [-0.4, -0.2) is 64.9 Å². The van der Waals surface area contributed by atoms with Crippen molar-refractivity contribution in [2.75, 3.05) is 32.0 Å². The molecule has 0 saturated carbocycles. The number of thioether (sulfide) groups is 1. The fourth-order valence-corrected chi connectivity index (χ4v) is 4.92. The predicted molar refractivity (Wildman–Crippen MR) is 118 cm³/mol. The van der Waals surface area contributed by atoms with Crippen molar-refractivity contribution in [3.8, 4) is 5.75 Å². The highest BCUT2D eigenvalue weighted by molar-refractivity contribution is 8.01. The molecule has 1 unspecified atom stereocenters. The molecule has 162 valence electrons. The van der Waals surface area contributed by atoms with Crippen LogP contribution >= 0.6 is 23.1 Å². The Morgan fingerprint density at radius 1 is 1.37 bits per heavy atom. The van der Waals surface area contributed by atoms with Crippen molar-refractivity contribution in [3.63, 3.8) is 0 Å². The highest BCUT2D eigenvalue weighted by Crippen LogP contribution is 2.21. The van der Waals surface area contributed by atoms with Gasteiger partial charge in [0.15, 0.2) is 4.34 Å². The number of ether oxygens (including phenoxy) is 1. The Hall–Kier alpha value is -2.17. The fraction of sp³-hybridized carbons (Fsp3) is 0.500. The molecule has 10 heteroatoms. The number of aryl methyl sites for hydroxylation is 1. The van der Waals surface area contributed by atoms with E-state index >= 15 is 0 Å². The first kappa shape index (κ1) is 22.5. The molecule has 0 radical (unpaired) electrons. The second kappa shape index (κ2) is 11.3. The van der Waals surface area contributed by atoms with Crippen molar-refractivity contribution in [2.24, 2.45) is 0 Å². The summed E-state index contributed by atoms with van der Waals surface area (Å²) in [6.07, 6.45) is 0.144. The molecule has 2 amide bonds. The first-order valence-corrected chi connectivity index (χ1v) is 11.8. The van der Waals surface area contributed by atoms with Gasteiger partial charge in [-0.05, 0) is 31.5 Å². The van der Waals surface area contributed by atoms with Gasteiger partial charge in [0.25, 0.3) is 0 Å². The van der Waals surface area contributed by atoms with Gasteiger partial charge in [-0.1, -0.05) is 35.2 Å². The molecular formula is C20H27N5O3S2. The van der Waals surface area contributed by atoms with E-state index in [1.807, 2.05) is 38.1 Å². The number of piperazine rings is 1. The van der Waals surface area contributed by atoms with Crippen LogP contribution in [0, 0.1) is 6.92 Å². The maximum absolute atomic E-state index is 12.4. The van der Waals surface area contributed by atoms with Crippen LogP contribution in [0.5, 0.6) is 5.75 Å². The van der Waals surface area contributed by atoms with Gasteiger partial charge in [-0.3, -0.25) is 14.5 Å². The first-order chi connectivity index (χ1) is 14.5. The van der Waals surface area contributed by atoms with Crippen molar-refractivity contribution in [2.45, 2.75) is 37.2 Å². The zero-order valence-corrected chi connectivity index (χ0v) is 18.9. The Kier molecular flexibility index (Phi) is 8.47. The summed E-state index contributed by atoms with van der Waals surface area (Å²) in [5.74, 6) is 1.33. The van der Waals surface area contributed by atoms with Gasteiger partial charge in [-0.25, -0.2) is 0 Å². The van der Waals surface area contributed by atoms with Gasteiger partial charge in [0, 0.05) is 31.9 Å². The monoisotopic (exact) mass is 449 g/mol. The molecule has 1 aromatic heterocycles. The highest BCUT2D eigenvalue weighted by atomic mass is 32.2. The van der Waals surface area contributed by atoms with Crippen molar-refractivity contribution in [1.82, 2.24) is 25.7 Å². The lowest BCUT2D eigenvalue weighted by atomic mass is 10.1. The van der Waals surface area contributed by atoms with Crippen molar-refractivity contribution in [1.29, 1.82) is 0 Å². The molecular weight excluding hydrogens is 422 g/mol. The number of rotatable bonds is 10. The van der Waals surface area contributed by atoms with Crippen LogP contribution in [0.4, 0.5) is 0 Å². The Morgan fingerprint density at radius 3 is 2.87 bits per heavy atom. The standard InChI is InChI=1S/C20H27N5O3S2/c1-3-28-16-6-4-15(5-7-16)13-25-10-8-22-19(27)17(25)12-18(26)21-9-11-29-20-24-23-14(2)30-20/h4-7,17H,3,8-13H2,1-2H3,(H,21,26)(H,22,27). The molecule has 0 spiro atoms. The summed E-state index contributed by atoms with van der Waals surface area (Å²) in [4.78, 5) is 26.9. The summed E-state index contributed by atoms with van der Waals surface area (Å²) in [5, 5.41) is 14.7. The zero-order chi connectivity index (χ0) is 21.3. The zero-order valence-electron chi connectivity index (χ0n) is 17.2. The second-order valence-electron chi connectivity index (χ2n) is 6.84. The molecule has 2 aromatic rings. The third-order valence-corrected chi connectivity index (χ3v) is 6.57. The summed E-state index contributed by atoms with van der Waals surface area (Å²) >= 11 is 3.11.